The van der Waals surface area contributed by atoms with Crippen LogP contribution in [0, 0.1) is 18.7 Å². The van der Waals surface area contributed by atoms with E-state index < -0.39 is 0 Å². The second-order valence-electron chi connectivity index (χ2n) is 5.85. The predicted molar refractivity (Wildman–Crippen MR) is 86.2 cm³/mol. The van der Waals surface area contributed by atoms with Crippen molar-refractivity contribution in [3.8, 4) is 11.3 Å². The molecule has 0 aliphatic carbocycles. The summed E-state index contributed by atoms with van der Waals surface area (Å²) < 4.78 is 14.0. The summed E-state index contributed by atoms with van der Waals surface area (Å²) in [5.74, 6) is 1.02. The van der Waals surface area contributed by atoms with E-state index in [1.165, 1.54) is 6.07 Å². The molecule has 0 unspecified atom stereocenters. The molecule has 0 radical (unpaired) electrons. The van der Waals surface area contributed by atoms with Gasteiger partial charge in [-0.25, -0.2) is 14.4 Å². The number of piperidine rings is 1. The van der Waals surface area contributed by atoms with Crippen LogP contribution in [0.1, 0.15) is 18.4 Å². The van der Waals surface area contributed by atoms with Crippen molar-refractivity contribution < 1.29 is 4.39 Å². The minimum Gasteiger partial charge on any atom is -0.341 e. The third kappa shape index (κ3) is 2.95. The minimum absolute atomic E-state index is 0.253. The van der Waals surface area contributed by atoms with Gasteiger partial charge in [0.25, 0.3) is 0 Å². The first kappa shape index (κ1) is 14.9. The van der Waals surface area contributed by atoms with Gasteiger partial charge in [-0.3, -0.25) is 0 Å². The lowest BCUT2D eigenvalue weighted by molar-refractivity contribution is 0.411. The molecular weight excluding hydrogens is 279 g/mol. The summed E-state index contributed by atoms with van der Waals surface area (Å²) in [5.41, 5.74) is 7.81. The summed E-state index contributed by atoms with van der Waals surface area (Å²) >= 11 is 0. The second kappa shape index (κ2) is 6.40. The maximum absolute atomic E-state index is 14.0. The first-order chi connectivity index (χ1) is 10.7. The van der Waals surface area contributed by atoms with Gasteiger partial charge in [0, 0.05) is 24.8 Å². The molecule has 4 nitrogen and oxygen atoms in total. The van der Waals surface area contributed by atoms with Gasteiger partial charge in [0.05, 0.1) is 5.69 Å². The Labute approximate surface area is 130 Å². The quantitative estimate of drug-likeness (QED) is 0.947. The molecule has 1 aromatic heterocycles. The van der Waals surface area contributed by atoms with Gasteiger partial charge >= 0.3 is 0 Å². The summed E-state index contributed by atoms with van der Waals surface area (Å²) in [6.45, 7) is 4.46. The molecule has 1 aliphatic heterocycles. The molecule has 0 atom stereocenters. The zero-order valence-electron chi connectivity index (χ0n) is 12.8. The first-order valence-electron chi connectivity index (χ1n) is 7.72. The van der Waals surface area contributed by atoms with Gasteiger partial charge in [-0.15, -0.1) is 0 Å². The number of aryl methyl sites for hydroxylation is 1. The third-order valence-electron chi connectivity index (χ3n) is 4.32. The van der Waals surface area contributed by atoms with Gasteiger partial charge in [-0.2, -0.15) is 0 Å². The molecule has 2 N–H and O–H groups in total. The normalized spacial score (nSPS) is 16.0. The van der Waals surface area contributed by atoms with Crippen LogP contribution in [-0.4, -0.2) is 29.6 Å². The first-order valence-corrected chi connectivity index (χ1v) is 7.72. The fraction of sp³-hybridized carbons (Fsp3) is 0.412. The summed E-state index contributed by atoms with van der Waals surface area (Å²) in [5, 5.41) is 0. The molecular formula is C17H21FN4. The van der Waals surface area contributed by atoms with Crippen LogP contribution in [0.3, 0.4) is 0 Å². The van der Waals surface area contributed by atoms with E-state index in [-0.39, 0.29) is 5.82 Å². The van der Waals surface area contributed by atoms with Crippen LogP contribution in [0.5, 0.6) is 0 Å². The Morgan fingerprint density at radius 2 is 2.00 bits per heavy atom. The summed E-state index contributed by atoms with van der Waals surface area (Å²) in [7, 11) is 0. The van der Waals surface area contributed by atoms with Crippen LogP contribution in [0.2, 0.25) is 0 Å². The van der Waals surface area contributed by atoms with E-state index in [9.17, 15) is 4.39 Å². The third-order valence-corrected chi connectivity index (χ3v) is 4.32. The Bertz CT molecular complexity index is 651. The SMILES string of the molecule is Cc1cnc(N2CCC(CN)CC2)nc1-c1ccccc1F. The fourth-order valence-corrected chi connectivity index (χ4v) is 2.88. The maximum Gasteiger partial charge on any atom is 0.225 e. The summed E-state index contributed by atoms with van der Waals surface area (Å²) in [4.78, 5) is 11.2. The van der Waals surface area contributed by atoms with Crippen LogP contribution in [0.15, 0.2) is 30.5 Å². The molecule has 1 aromatic carbocycles. The molecule has 22 heavy (non-hydrogen) atoms. The lowest BCUT2D eigenvalue weighted by atomic mass is 9.97. The highest BCUT2D eigenvalue weighted by Gasteiger charge is 2.21. The van der Waals surface area contributed by atoms with Crippen LogP contribution in [0.25, 0.3) is 11.3 Å². The van der Waals surface area contributed by atoms with E-state index >= 15 is 0 Å². The Kier molecular flexibility index (Phi) is 4.34. The zero-order chi connectivity index (χ0) is 15.5. The lowest BCUT2D eigenvalue weighted by Gasteiger charge is -2.31. The molecule has 0 amide bonds. The van der Waals surface area contributed by atoms with Gasteiger partial charge in [0.15, 0.2) is 0 Å². The number of hydrogen-bond donors (Lipinski definition) is 1. The van der Waals surface area contributed by atoms with E-state index in [0.717, 1.165) is 38.0 Å². The predicted octanol–water partition coefficient (Wildman–Crippen LogP) is 2.77. The van der Waals surface area contributed by atoms with Gasteiger partial charge in [-0.1, -0.05) is 12.1 Å². The molecule has 0 spiro atoms. The molecule has 1 aliphatic rings. The van der Waals surface area contributed by atoms with Crippen molar-refractivity contribution in [2.24, 2.45) is 11.7 Å². The molecule has 0 bridgehead atoms. The maximum atomic E-state index is 14.0. The highest BCUT2D eigenvalue weighted by molar-refractivity contribution is 5.64. The Morgan fingerprint density at radius 3 is 2.68 bits per heavy atom. The number of anilines is 1. The van der Waals surface area contributed by atoms with Gasteiger partial charge in [0.1, 0.15) is 5.82 Å². The zero-order valence-corrected chi connectivity index (χ0v) is 12.8. The average Bonchev–Trinajstić information content (AvgIpc) is 2.56. The molecule has 2 heterocycles. The highest BCUT2D eigenvalue weighted by Crippen LogP contribution is 2.27. The molecule has 116 valence electrons. The van der Waals surface area contributed by atoms with Crippen molar-refractivity contribution in [2.75, 3.05) is 24.5 Å². The standard InChI is InChI=1S/C17H21FN4/c1-12-11-20-17(22-8-6-13(10-19)7-9-22)21-16(12)14-4-2-3-5-15(14)18/h2-5,11,13H,6-10,19H2,1H3. The van der Waals surface area contributed by atoms with E-state index in [4.69, 9.17) is 5.73 Å². The monoisotopic (exact) mass is 300 g/mol. The Morgan fingerprint density at radius 1 is 1.27 bits per heavy atom. The van der Waals surface area contributed by atoms with Crippen LogP contribution < -0.4 is 10.6 Å². The summed E-state index contributed by atoms with van der Waals surface area (Å²) in [6, 6.07) is 6.73. The number of hydrogen-bond acceptors (Lipinski definition) is 4. The van der Waals surface area contributed by atoms with Crippen molar-refractivity contribution in [1.82, 2.24) is 9.97 Å². The van der Waals surface area contributed by atoms with Crippen LogP contribution in [-0.2, 0) is 0 Å². The molecule has 1 fully saturated rings. The van der Waals surface area contributed by atoms with Crippen molar-refractivity contribution in [3.05, 3.63) is 41.8 Å². The number of halogens is 1. The second-order valence-corrected chi connectivity index (χ2v) is 5.85. The smallest absolute Gasteiger partial charge is 0.225 e. The van der Waals surface area contributed by atoms with Gasteiger partial charge < -0.3 is 10.6 Å². The lowest BCUT2D eigenvalue weighted by Crippen LogP contribution is -2.37. The van der Waals surface area contributed by atoms with Crippen molar-refractivity contribution in [1.29, 1.82) is 0 Å². The highest BCUT2D eigenvalue weighted by atomic mass is 19.1. The Hall–Kier alpha value is -2.01. The van der Waals surface area contributed by atoms with Crippen molar-refractivity contribution in [3.63, 3.8) is 0 Å². The molecule has 3 rings (SSSR count). The number of rotatable bonds is 3. The van der Waals surface area contributed by atoms with Crippen molar-refractivity contribution >= 4 is 5.95 Å². The largest absolute Gasteiger partial charge is 0.341 e. The molecule has 1 saturated heterocycles. The van der Waals surface area contributed by atoms with E-state index in [2.05, 4.69) is 14.9 Å². The van der Waals surface area contributed by atoms with Gasteiger partial charge in [-0.05, 0) is 49.9 Å². The van der Waals surface area contributed by atoms with E-state index in [1.807, 2.05) is 13.0 Å². The topological polar surface area (TPSA) is 55.0 Å². The number of benzene rings is 1. The number of nitrogens with zero attached hydrogens (tertiary/aromatic N) is 3. The van der Waals surface area contributed by atoms with Gasteiger partial charge in [0.2, 0.25) is 5.95 Å². The summed E-state index contributed by atoms with van der Waals surface area (Å²) in [6.07, 6.45) is 3.89. The van der Waals surface area contributed by atoms with Crippen LogP contribution >= 0.6 is 0 Å². The number of aromatic nitrogens is 2. The van der Waals surface area contributed by atoms with E-state index in [0.29, 0.717) is 23.1 Å². The van der Waals surface area contributed by atoms with Crippen molar-refractivity contribution in [2.45, 2.75) is 19.8 Å². The molecule has 2 aromatic rings. The number of nitrogens with two attached hydrogens (primary N) is 1. The van der Waals surface area contributed by atoms with E-state index in [1.54, 1.807) is 18.3 Å². The average molecular weight is 300 g/mol. The minimum atomic E-state index is -0.253. The Balaban J connectivity index is 1.89. The van der Waals surface area contributed by atoms with Crippen LogP contribution in [0.4, 0.5) is 10.3 Å². The molecule has 0 saturated carbocycles. The molecule has 5 heteroatoms. The fourth-order valence-electron chi connectivity index (χ4n) is 2.88.